The highest BCUT2D eigenvalue weighted by molar-refractivity contribution is 7.89. The fraction of sp³-hybridized carbons (Fsp3) is 1.00. The Bertz CT molecular complexity index is 308. The Labute approximate surface area is 105 Å². The van der Waals surface area contributed by atoms with Gasteiger partial charge in [0.1, 0.15) is 0 Å². The van der Waals surface area contributed by atoms with Crippen LogP contribution in [0.4, 0.5) is 0 Å². The number of rotatable bonds is 6. The first kappa shape index (κ1) is 14.9. The number of nitrogens with one attached hydrogen (secondary N) is 1. The average Bonchev–Trinajstić information content (AvgIpc) is 2.26. The maximum atomic E-state index is 12.0. The van der Waals surface area contributed by atoms with Crippen LogP contribution in [0.3, 0.4) is 0 Å². The summed E-state index contributed by atoms with van der Waals surface area (Å²) in [7, 11) is -3.17. The van der Waals surface area contributed by atoms with Crippen LogP contribution >= 0.6 is 0 Å². The van der Waals surface area contributed by atoms with Gasteiger partial charge in [-0.05, 0) is 24.7 Å². The van der Waals surface area contributed by atoms with E-state index in [0.29, 0.717) is 12.5 Å². The Morgan fingerprint density at radius 2 is 1.82 bits per heavy atom. The second-order valence-electron chi connectivity index (χ2n) is 5.49. The molecule has 102 valence electrons. The highest BCUT2D eigenvalue weighted by Gasteiger charge is 2.24. The van der Waals surface area contributed by atoms with Gasteiger partial charge in [-0.25, -0.2) is 13.1 Å². The predicted molar refractivity (Wildman–Crippen MR) is 71.2 cm³/mol. The van der Waals surface area contributed by atoms with Crippen molar-refractivity contribution in [3.05, 3.63) is 0 Å². The highest BCUT2D eigenvalue weighted by atomic mass is 32.2. The van der Waals surface area contributed by atoms with Gasteiger partial charge < -0.3 is 5.73 Å². The fourth-order valence-electron chi connectivity index (χ4n) is 2.40. The van der Waals surface area contributed by atoms with Gasteiger partial charge in [0.2, 0.25) is 10.0 Å². The third kappa shape index (κ3) is 5.36. The molecule has 0 saturated heterocycles. The van der Waals surface area contributed by atoms with E-state index in [1.165, 1.54) is 19.3 Å². The predicted octanol–water partition coefficient (Wildman–Crippen LogP) is 1.47. The molecule has 17 heavy (non-hydrogen) atoms. The van der Waals surface area contributed by atoms with Gasteiger partial charge in [-0.1, -0.05) is 33.1 Å². The summed E-state index contributed by atoms with van der Waals surface area (Å²) in [4.78, 5) is 0. The van der Waals surface area contributed by atoms with Crippen LogP contribution in [0, 0.1) is 11.8 Å². The van der Waals surface area contributed by atoms with Crippen molar-refractivity contribution >= 4 is 10.0 Å². The van der Waals surface area contributed by atoms with Crippen molar-refractivity contribution in [2.45, 2.75) is 52.0 Å². The summed E-state index contributed by atoms with van der Waals surface area (Å²) in [5.41, 5.74) is 5.59. The Hall–Kier alpha value is -0.130. The van der Waals surface area contributed by atoms with E-state index < -0.39 is 10.0 Å². The second-order valence-corrected chi connectivity index (χ2v) is 7.29. The zero-order chi connectivity index (χ0) is 12.9. The Morgan fingerprint density at radius 1 is 1.24 bits per heavy atom. The third-order valence-corrected chi connectivity index (χ3v) is 5.14. The number of hydrogen-bond acceptors (Lipinski definition) is 3. The van der Waals surface area contributed by atoms with Crippen LogP contribution in [0.15, 0.2) is 0 Å². The van der Waals surface area contributed by atoms with Gasteiger partial charge in [-0.3, -0.25) is 0 Å². The van der Waals surface area contributed by atoms with Gasteiger partial charge >= 0.3 is 0 Å². The lowest BCUT2D eigenvalue weighted by molar-refractivity contribution is 0.380. The summed E-state index contributed by atoms with van der Waals surface area (Å²) < 4.78 is 26.7. The molecule has 1 aliphatic carbocycles. The lowest BCUT2D eigenvalue weighted by Crippen LogP contribution is -2.45. The molecule has 0 aliphatic heterocycles. The van der Waals surface area contributed by atoms with Crippen molar-refractivity contribution in [1.82, 2.24) is 4.72 Å². The van der Waals surface area contributed by atoms with Gasteiger partial charge in [-0.15, -0.1) is 0 Å². The van der Waals surface area contributed by atoms with Crippen LogP contribution in [0.2, 0.25) is 0 Å². The second kappa shape index (κ2) is 6.71. The Balaban J connectivity index is 2.49. The van der Waals surface area contributed by atoms with Crippen molar-refractivity contribution in [3.63, 3.8) is 0 Å². The standard InChI is InChI=1S/C12H26N2O2S/c1-10(2)12(8-13)14-17(15,16)9-11-6-4-3-5-7-11/h10-12,14H,3-9,13H2,1-2H3. The van der Waals surface area contributed by atoms with Crippen LogP contribution < -0.4 is 10.5 Å². The molecule has 0 amide bonds. The normalized spacial score (nSPS) is 20.7. The van der Waals surface area contributed by atoms with Gasteiger partial charge in [0.15, 0.2) is 0 Å². The van der Waals surface area contributed by atoms with Crippen molar-refractivity contribution in [2.75, 3.05) is 12.3 Å². The molecular formula is C12H26N2O2S. The summed E-state index contributed by atoms with van der Waals surface area (Å²) in [6.45, 7) is 4.34. The van der Waals surface area contributed by atoms with E-state index in [1.54, 1.807) is 0 Å². The average molecular weight is 262 g/mol. The fourth-order valence-corrected chi connectivity index (χ4v) is 4.28. The largest absolute Gasteiger partial charge is 0.329 e. The van der Waals surface area contributed by atoms with Gasteiger partial charge in [0, 0.05) is 12.6 Å². The maximum absolute atomic E-state index is 12.0. The molecule has 4 nitrogen and oxygen atoms in total. The van der Waals surface area contributed by atoms with E-state index in [2.05, 4.69) is 4.72 Å². The number of nitrogens with two attached hydrogens (primary N) is 1. The monoisotopic (exact) mass is 262 g/mol. The van der Waals surface area contributed by atoms with Crippen LogP contribution in [-0.2, 0) is 10.0 Å². The first-order valence-electron chi connectivity index (χ1n) is 6.64. The molecule has 1 aliphatic rings. The molecule has 1 fully saturated rings. The molecule has 5 heteroatoms. The minimum absolute atomic E-state index is 0.136. The van der Waals surface area contributed by atoms with Crippen molar-refractivity contribution in [3.8, 4) is 0 Å². The molecule has 3 N–H and O–H groups in total. The van der Waals surface area contributed by atoms with E-state index in [9.17, 15) is 8.42 Å². The van der Waals surface area contributed by atoms with Gasteiger partial charge in [0.25, 0.3) is 0 Å². The zero-order valence-corrected chi connectivity index (χ0v) is 11.8. The molecule has 0 aromatic heterocycles. The molecule has 0 heterocycles. The smallest absolute Gasteiger partial charge is 0.212 e. The van der Waals surface area contributed by atoms with Crippen LogP contribution in [0.1, 0.15) is 46.0 Å². The van der Waals surface area contributed by atoms with Crippen LogP contribution in [0.5, 0.6) is 0 Å². The molecule has 0 radical (unpaired) electrons. The SMILES string of the molecule is CC(C)C(CN)NS(=O)(=O)CC1CCCCC1. The molecule has 1 unspecified atom stereocenters. The minimum Gasteiger partial charge on any atom is -0.329 e. The summed E-state index contributed by atoms with van der Waals surface area (Å²) >= 11 is 0. The molecule has 0 aromatic rings. The summed E-state index contributed by atoms with van der Waals surface area (Å²) in [6.07, 6.45) is 5.70. The first-order chi connectivity index (χ1) is 7.94. The third-order valence-electron chi connectivity index (χ3n) is 3.57. The highest BCUT2D eigenvalue weighted by Crippen LogP contribution is 2.24. The Kier molecular flexibility index (Phi) is 5.89. The molecule has 0 bridgehead atoms. The van der Waals surface area contributed by atoms with E-state index in [-0.39, 0.29) is 17.7 Å². The molecular weight excluding hydrogens is 236 g/mol. The number of hydrogen-bond donors (Lipinski definition) is 2. The molecule has 1 rings (SSSR count). The van der Waals surface area contributed by atoms with Crippen LogP contribution in [-0.4, -0.2) is 26.8 Å². The quantitative estimate of drug-likeness (QED) is 0.761. The topological polar surface area (TPSA) is 72.2 Å². The summed E-state index contributed by atoms with van der Waals surface area (Å²) in [5, 5.41) is 0. The lowest BCUT2D eigenvalue weighted by Gasteiger charge is -2.24. The van der Waals surface area contributed by atoms with Gasteiger partial charge in [-0.2, -0.15) is 0 Å². The number of sulfonamides is 1. The van der Waals surface area contributed by atoms with Gasteiger partial charge in [0.05, 0.1) is 5.75 Å². The van der Waals surface area contributed by atoms with Crippen LogP contribution in [0.25, 0.3) is 0 Å². The van der Waals surface area contributed by atoms with E-state index >= 15 is 0 Å². The molecule has 0 aromatic carbocycles. The van der Waals surface area contributed by atoms with E-state index in [1.807, 2.05) is 13.8 Å². The molecule has 1 atom stereocenters. The van der Waals surface area contributed by atoms with E-state index in [4.69, 9.17) is 5.73 Å². The van der Waals surface area contributed by atoms with Crippen molar-refractivity contribution in [1.29, 1.82) is 0 Å². The maximum Gasteiger partial charge on any atom is 0.212 e. The minimum atomic E-state index is -3.17. The van der Waals surface area contributed by atoms with Crippen molar-refractivity contribution in [2.24, 2.45) is 17.6 Å². The van der Waals surface area contributed by atoms with Crippen molar-refractivity contribution < 1.29 is 8.42 Å². The summed E-state index contributed by atoms with van der Waals surface area (Å²) in [6, 6.07) is -0.136. The first-order valence-corrected chi connectivity index (χ1v) is 8.30. The zero-order valence-electron chi connectivity index (χ0n) is 11.0. The lowest BCUT2D eigenvalue weighted by atomic mass is 9.91. The summed E-state index contributed by atoms with van der Waals surface area (Å²) in [5.74, 6) is 0.851. The van der Waals surface area contributed by atoms with E-state index in [0.717, 1.165) is 12.8 Å². The Morgan fingerprint density at radius 3 is 2.29 bits per heavy atom. The molecule has 1 saturated carbocycles. The molecule has 0 spiro atoms.